The number of aliphatic carboxylic acids is 1. The first-order chi connectivity index (χ1) is 19.5. The number of alkyl carbamates (subject to hydrolysis) is 1. The average molecular weight is 543 g/mol. The number of hydrogen-bond acceptors (Lipinski definition) is 5. The van der Waals surface area contributed by atoms with E-state index in [0.717, 1.165) is 27.8 Å². The van der Waals surface area contributed by atoms with Crippen LogP contribution in [-0.4, -0.2) is 60.4 Å². The predicted octanol–water partition coefficient (Wildman–Crippen LogP) is 4.82. The molecule has 1 heterocycles. The predicted molar refractivity (Wildman–Crippen MR) is 150 cm³/mol. The zero-order chi connectivity index (χ0) is 27.9. The van der Waals surface area contributed by atoms with E-state index in [2.05, 4.69) is 29.6 Å². The third kappa shape index (κ3) is 6.51. The van der Waals surface area contributed by atoms with Crippen LogP contribution in [0, 0.1) is 5.92 Å². The van der Waals surface area contributed by atoms with Gasteiger partial charge in [0.05, 0.1) is 13.0 Å². The smallest absolute Gasteiger partial charge is 0.407 e. The van der Waals surface area contributed by atoms with Crippen molar-refractivity contribution in [2.75, 3.05) is 26.4 Å². The van der Waals surface area contributed by atoms with Crippen LogP contribution in [0.15, 0.2) is 78.9 Å². The SMILES string of the molecule is O=C(O)CCN(Cc1ccccc1)C(=O)CC1COCCC1NC(=O)OCC1c2ccccc2-c2ccccc21. The standard InChI is InChI=1S/C32H34N2O6/c35-30(34(16-14-31(36)37)19-22-8-2-1-3-9-22)18-23-20-39-17-15-29(23)33-32(38)40-21-28-26-12-6-4-10-24(26)25-11-5-7-13-27(25)28/h1-13,23,28-29H,14-21H2,(H,33,38)(H,36,37). The second-order valence-electron chi connectivity index (χ2n) is 10.3. The Morgan fingerprint density at radius 2 is 1.57 bits per heavy atom. The molecule has 1 aliphatic carbocycles. The number of rotatable bonds is 10. The number of carbonyl (C=O) groups is 3. The van der Waals surface area contributed by atoms with Crippen molar-refractivity contribution in [3.63, 3.8) is 0 Å². The fraction of sp³-hybridized carbons (Fsp3) is 0.344. The second kappa shape index (κ2) is 12.8. The number of carboxylic acid groups (broad SMARTS) is 1. The number of ether oxygens (including phenoxy) is 2. The van der Waals surface area contributed by atoms with Gasteiger partial charge in [0, 0.05) is 44.0 Å². The molecule has 1 aliphatic heterocycles. The molecule has 0 spiro atoms. The summed E-state index contributed by atoms with van der Waals surface area (Å²) in [5.41, 5.74) is 5.54. The highest BCUT2D eigenvalue weighted by Gasteiger charge is 2.33. The number of carbonyl (C=O) groups excluding carboxylic acids is 2. The summed E-state index contributed by atoms with van der Waals surface area (Å²) in [6, 6.07) is 25.6. The molecule has 5 rings (SSSR count). The number of nitrogens with one attached hydrogen (secondary N) is 1. The zero-order valence-corrected chi connectivity index (χ0v) is 22.3. The minimum absolute atomic E-state index is 0.0361. The Balaban J connectivity index is 1.20. The lowest BCUT2D eigenvalue weighted by molar-refractivity contribution is -0.139. The summed E-state index contributed by atoms with van der Waals surface area (Å²) < 4.78 is 11.4. The molecular weight excluding hydrogens is 508 g/mol. The fourth-order valence-corrected chi connectivity index (χ4v) is 5.66. The minimum Gasteiger partial charge on any atom is -0.481 e. The van der Waals surface area contributed by atoms with E-state index in [1.54, 1.807) is 4.90 Å². The topological polar surface area (TPSA) is 105 Å². The summed E-state index contributed by atoms with van der Waals surface area (Å²) in [6.07, 6.45) is 0.0518. The molecule has 208 valence electrons. The van der Waals surface area contributed by atoms with Crippen LogP contribution in [0.5, 0.6) is 0 Å². The van der Waals surface area contributed by atoms with Crippen molar-refractivity contribution >= 4 is 18.0 Å². The molecular formula is C32H34N2O6. The maximum Gasteiger partial charge on any atom is 0.407 e. The molecule has 2 atom stereocenters. The molecule has 1 saturated heterocycles. The first-order valence-electron chi connectivity index (χ1n) is 13.7. The maximum absolute atomic E-state index is 13.3. The highest BCUT2D eigenvalue weighted by Crippen LogP contribution is 2.44. The third-order valence-corrected chi connectivity index (χ3v) is 7.72. The van der Waals surface area contributed by atoms with E-state index in [1.165, 1.54) is 0 Å². The Bertz CT molecular complexity index is 1300. The van der Waals surface area contributed by atoms with Crippen LogP contribution in [0.4, 0.5) is 4.79 Å². The molecule has 0 saturated carbocycles. The third-order valence-electron chi connectivity index (χ3n) is 7.72. The van der Waals surface area contributed by atoms with Gasteiger partial charge < -0.3 is 24.8 Å². The lowest BCUT2D eigenvalue weighted by Crippen LogP contribution is -2.47. The van der Waals surface area contributed by atoms with E-state index in [-0.39, 0.29) is 49.8 Å². The van der Waals surface area contributed by atoms with Crippen molar-refractivity contribution in [1.82, 2.24) is 10.2 Å². The van der Waals surface area contributed by atoms with Gasteiger partial charge in [0.25, 0.3) is 0 Å². The van der Waals surface area contributed by atoms with Crippen LogP contribution in [0.2, 0.25) is 0 Å². The normalized spacial score (nSPS) is 17.9. The van der Waals surface area contributed by atoms with Gasteiger partial charge in [-0.15, -0.1) is 0 Å². The van der Waals surface area contributed by atoms with Crippen molar-refractivity contribution in [2.45, 2.75) is 37.8 Å². The summed E-state index contributed by atoms with van der Waals surface area (Å²) in [5, 5.41) is 12.2. The van der Waals surface area contributed by atoms with E-state index in [9.17, 15) is 19.5 Å². The Hall–Kier alpha value is -4.17. The van der Waals surface area contributed by atoms with Gasteiger partial charge in [-0.05, 0) is 34.2 Å². The molecule has 0 bridgehead atoms. The minimum atomic E-state index is -0.957. The summed E-state index contributed by atoms with van der Waals surface area (Å²) in [6.45, 7) is 1.46. The lowest BCUT2D eigenvalue weighted by Gasteiger charge is -2.33. The molecule has 0 radical (unpaired) electrons. The van der Waals surface area contributed by atoms with E-state index in [0.29, 0.717) is 26.2 Å². The Morgan fingerprint density at radius 1 is 0.925 bits per heavy atom. The Morgan fingerprint density at radius 3 is 2.25 bits per heavy atom. The van der Waals surface area contributed by atoms with Gasteiger partial charge in [-0.1, -0.05) is 78.9 Å². The number of hydrogen-bond donors (Lipinski definition) is 2. The number of fused-ring (bicyclic) bond motifs is 3. The largest absolute Gasteiger partial charge is 0.481 e. The molecule has 2 amide bonds. The summed E-state index contributed by atoms with van der Waals surface area (Å²) >= 11 is 0. The molecule has 2 aliphatic rings. The molecule has 3 aromatic rings. The van der Waals surface area contributed by atoms with Crippen molar-refractivity contribution in [2.24, 2.45) is 5.92 Å². The van der Waals surface area contributed by atoms with Crippen LogP contribution < -0.4 is 5.32 Å². The number of carboxylic acids is 1. The highest BCUT2D eigenvalue weighted by molar-refractivity contribution is 5.79. The Labute approximate surface area is 233 Å². The van der Waals surface area contributed by atoms with Crippen molar-refractivity contribution in [3.05, 3.63) is 95.6 Å². The average Bonchev–Trinajstić information content (AvgIpc) is 3.29. The van der Waals surface area contributed by atoms with Crippen LogP contribution in [-0.2, 0) is 25.6 Å². The highest BCUT2D eigenvalue weighted by atomic mass is 16.5. The molecule has 8 nitrogen and oxygen atoms in total. The first-order valence-corrected chi connectivity index (χ1v) is 13.7. The van der Waals surface area contributed by atoms with Gasteiger partial charge in [-0.25, -0.2) is 4.79 Å². The van der Waals surface area contributed by atoms with Gasteiger partial charge in [0.2, 0.25) is 5.91 Å². The van der Waals surface area contributed by atoms with E-state index in [4.69, 9.17) is 9.47 Å². The fourth-order valence-electron chi connectivity index (χ4n) is 5.66. The summed E-state index contributed by atoms with van der Waals surface area (Å²) in [4.78, 5) is 39.1. The molecule has 40 heavy (non-hydrogen) atoms. The van der Waals surface area contributed by atoms with E-state index < -0.39 is 12.1 Å². The van der Waals surface area contributed by atoms with Crippen molar-refractivity contribution in [3.8, 4) is 11.1 Å². The van der Waals surface area contributed by atoms with Crippen molar-refractivity contribution in [1.29, 1.82) is 0 Å². The van der Waals surface area contributed by atoms with Crippen LogP contribution in [0.3, 0.4) is 0 Å². The Kier molecular flexibility index (Phi) is 8.76. The van der Waals surface area contributed by atoms with Crippen molar-refractivity contribution < 1.29 is 29.0 Å². The van der Waals surface area contributed by atoms with Crippen LogP contribution >= 0.6 is 0 Å². The van der Waals surface area contributed by atoms with Crippen LogP contribution in [0.25, 0.3) is 11.1 Å². The summed E-state index contributed by atoms with van der Waals surface area (Å²) in [5.74, 6) is -1.41. The van der Waals surface area contributed by atoms with Gasteiger partial charge in [0.1, 0.15) is 6.61 Å². The second-order valence-corrected chi connectivity index (χ2v) is 10.3. The van der Waals surface area contributed by atoms with E-state index >= 15 is 0 Å². The molecule has 8 heteroatoms. The van der Waals surface area contributed by atoms with Gasteiger partial charge >= 0.3 is 12.1 Å². The van der Waals surface area contributed by atoms with Crippen LogP contribution in [0.1, 0.15) is 41.9 Å². The van der Waals surface area contributed by atoms with Gasteiger partial charge in [-0.2, -0.15) is 0 Å². The quantitative estimate of drug-likeness (QED) is 0.381. The molecule has 2 N–H and O–H groups in total. The number of nitrogens with zero attached hydrogens (tertiary/aromatic N) is 1. The van der Waals surface area contributed by atoms with Gasteiger partial charge in [0.15, 0.2) is 0 Å². The molecule has 3 aromatic carbocycles. The lowest BCUT2D eigenvalue weighted by atomic mass is 9.92. The van der Waals surface area contributed by atoms with Gasteiger partial charge in [-0.3, -0.25) is 9.59 Å². The molecule has 0 aromatic heterocycles. The molecule has 1 fully saturated rings. The first kappa shape index (κ1) is 27.4. The summed E-state index contributed by atoms with van der Waals surface area (Å²) in [7, 11) is 0. The zero-order valence-electron chi connectivity index (χ0n) is 22.3. The number of benzene rings is 3. The van der Waals surface area contributed by atoms with E-state index in [1.807, 2.05) is 54.6 Å². The maximum atomic E-state index is 13.3. The monoisotopic (exact) mass is 542 g/mol. The molecule has 2 unspecified atom stereocenters. The number of amides is 2.